The first-order valence-electron chi connectivity index (χ1n) is 4.73. The van der Waals surface area contributed by atoms with Gasteiger partial charge < -0.3 is 10.2 Å². The Kier molecular flexibility index (Phi) is 7.45. The molecule has 0 unspecified atom stereocenters. The molecule has 0 aromatic heterocycles. The van der Waals surface area contributed by atoms with E-state index in [1.165, 1.54) is 0 Å². The van der Waals surface area contributed by atoms with Crippen LogP contribution in [0.3, 0.4) is 0 Å². The Morgan fingerprint density at radius 2 is 1.67 bits per heavy atom. The van der Waals surface area contributed by atoms with Gasteiger partial charge in [-0.2, -0.15) is 0 Å². The zero-order chi connectivity index (χ0) is 12.3. The average molecular weight is 334 g/mol. The molecule has 15 heavy (non-hydrogen) atoms. The standard InChI is InChI=1S/C8H16O2.4ClH.Ti/c1-6(2)8(10)5-3-4-7(8)9;;;;;/h6-7,9-10H,3-5H2,1-2H3;4*1H;/q;;;;;+4/p-4/t7-,8-;;;;;/m0...../s1. The minimum atomic E-state index is -3.11. The summed E-state index contributed by atoms with van der Waals surface area (Å²) in [6, 6.07) is 0. The van der Waals surface area contributed by atoms with Crippen molar-refractivity contribution in [3.8, 4) is 0 Å². The van der Waals surface area contributed by atoms with Gasteiger partial charge >= 0.3 is 49.6 Å². The van der Waals surface area contributed by atoms with E-state index >= 15 is 0 Å². The van der Waals surface area contributed by atoms with E-state index in [9.17, 15) is 10.2 Å². The summed E-state index contributed by atoms with van der Waals surface area (Å²) in [5, 5.41) is 19.2. The van der Waals surface area contributed by atoms with Gasteiger partial charge in [0.2, 0.25) is 0 Å². The van der Waals surface area contributed by atoms with Gasteiger partial charge in [0.25, 0.3) is 0 Å². The van der Waals surface area contributed by atoms with Gasteiger partial charge in [0.1, 0.15) is 0 Å². The first kappa shape index (κ1) is 16.8. The predicted molar refractivity (Wildman–Crippen MR) is 63.1 cm³/mol. The van der Waals surface area contributed by atoms with Crippen LogP contribution in [0.15, 0.2) is 0 Å². The van der Waals surface area contributed by atoms with Gasteiger partial charge in [-0.1, -0.05) is 13.8 Å². The third-order valence-corrected chi connectivity index (χ3v) is 2.63. The van der Waals surface area contributed by atoms with E-state index in [1.807, 2.05) is 13.8 Å². The fraction of sp³-hybridized carbons (Fsp3) is 1.00. The Morgan fingerprint density at radius 3 is 1.80 bits per heavy atom. The number of aliphatic hydroxyl groups is 2. The summed E-state index contributed by atoms with van der Waals surface area (Å²) >= 11 is -3.11. The summed E-state index contributed by atoms with van der Waals surface area (Å²) in [6.45, 7) is 3.91. The second-order valence-corrected chi connectivity index (χ2v) is 19.5. The molecule has 0 heterocycles. The molecule has 0 amide bonds. The zero-order valence-corrected chi connectivity index (χ0v) is 13.3. The molecule has 1 saturated carbocycles. The van der Waals surface area contributed by atoms with Crippen LogP contribution in [-0.2, 0) is 12.3 Å². The van der Waals surface area contributed by atoms with Crippen LogP contribution in [0, 0.1) is 5.92 Å². The Hall–Kier alpha value is 1.79. The molecule has 1 aliphatic rings. The van der Waals surface area contributed by atoms with E-state index in [0.29, 0.717) is 0 Å². The van der Waals surface area contributed by atoms with Crippen molar-refractivity contribution in [1.29, 1.82) is 0 Å². The molecule has 0 radical (unpaired) electrons. The molecule has 0 saturated heterocycles. The number of rotatable bonds is 1. The van der Waals surface area contributed by atoms with Crippen LogP contribution in [0.5, 0.6) is 0 Å². The molecule has 92 valence electrons. The molecule has 0 aliphatic heterocycles. The van der Waals surface area contributed by atoms with Crippen LogP contribution in [-0.4, -0.2) is 21.9 Å². The van der Waals surface area contributed by atoms with E-state index in [0.717, 1.165) is 19.3 Å². The first-order chi connectivity index (χ1) is 6.57. The van der Waals surface area contributed by atoms with Gasteiger partial charge in [-0.25, -0.2) is 0 Å². The average Bonchev–Trinajstić information content (AvgIpc) is 2.30. The third-order valence-electron chi connectivity index (χ3n) is 2.63. The van der Waals surface area contributed by atoms with Crippen LogP contribution < -0.4 is 0 Å². The Bertz CT molecular complexity index is 192. The normalized spacial score (nSPS) is 31.4. The van der Waals surface area contributed by atoms with Crippen molar-refractivity contribution in [2.24, 2.45) is 5.92 Å². The number of aliphatic hydroxyl groups excluding tert-OH is 1. The maximum atomic E-state index is 9.79. The Morgan fingerprint density at radius 1 is 1.27 bits per heavy atom. The van der Waals surface area contributed by atoms with Crippen molar-refractivity contribution < 1.29 is 22.6 Å². The zero-order valence-electron chi connectivity index (χ0n) is 8.68. The Balaban J connectivity index is 0.000000336. The van der Waals surface area contributed by atoms with Crippen molar-refractivity contribution in [2.45, 2.75) is 44.8 Å². The molecular formula is C8H16Cl4O2Ti. The summed E-state index contributed by atoms with van der Waals surface area (Å²) in [6.07, 6.45) is 1.98. The molecule has 2 N–H and O–H groups in total. The fourth-order valence-corrected chi connectivity index (χ4v) is 1.67. The van der Waals surface area contributed by atoms with Gasteiger partial charge in [-0.3, -0.25) is 0 Å². The summed E-state index contributed by atoms with van der Waals surface area (Å²) in [4.78, 5) is 0. The number of hydrogen-bond acceptors (Lipinski definition) is 2. The molecule has 7 heteroatoms. The van der Waals surface area contributed by atoms with E-state index in [1.54, 1.807) is 0 Å². The molecule has 2 nitrogen and oxygen atoms in total. The summed E-state index contributed by atoms with van der Waals surface area (Å²) in [7, 11) is 20.1. The van der Waals surface area contributed by atoms with Crippen LogP contribution in [0.4, 0.5) is 0 Å². The minimum absolute atomic E-state index is 0.171. The number of halogens is 4. The first-order valence-corrected chi connectivity index (χ1v) is 13.3. The van der Waals surface area contributed by atoms with E-state index in [4.69, 9.17) is 37.2 Å². The molecule has 0 aromatic rings. The van der Waals surface area contributed by atoms with Crippen LogP contribution in [0.2, 0.25) is 0 Å². The van der Waals surface area contributed by atoms with Crippen LogP contribution in [0.25, 0.3) is 0 Å². The molecule has 0 aromatic carbocycles. The van der Waals surface area contributed by atoms with Gasteiger partial charge in [-0.05, 0) is 25.2 Å². The van der Waals surface area contributed by atoms with Crippen LogP contribution in [0.1, 0.15) is 33.1 Å². The van der Waals surface area contributed by atoms with Crippen molar-refractivity contribution in [1.82, 2.24) is 0 Å². The molecular weight excluding hydrogens is 318 g/mol. The van der Waals surface area contributed by atoms with E-state index in [-0.39, 0.29) is 5.92 Å². The van der Waals surface area contributed by atoms with Gasteiger partial charge in [0, 0.05) is 0 Å². The van der Waals surface area contributed by atoms with E-state index < -0.39 is 24.1 Å². The maximum absolute atomic E-state index is 9.79. The van der Waals surface area contributed by atoms with Crippen molar-refractivity contribution >= 4 is 37.2 Å². The monoisotopic (exact) mass is 332 g/mol. The van der Waals surface area contributed by atoms with Gasteiger partial charge in [0.05, 0.1) is 11.7 Å². The van der Waals surface area contributed by atoms with Gasteiger partial charge in [0.15, 0.2) is 0 Å². The summed E-state index contributed by atoms with van der Waals surface area (Å²) in [5.74, 6) is 0.171. The number of hydrogen-bond donors (Lipinski definition) is 2. The topological polar surface area (TPSA) is 40.5 Å². The molecule has 1 fully saturated rings. The molecule has 0 bridgehead atoms. The predicted octanol–water partition coefficient (Wildman–Crippen LogP) is 3.67. The van der Waals surface area contributed by atoms with Crippen molar-refractivity contribution in [2.75, 3.05) is 0 Å². The molecule has 2 atom stereocenters. The Labute approximate surface area is 110 Å². The molecule has 1 aliphatic carbocycles. The molecule has 0 spiro atoms. The second kappa shape index (κ2) is 6.65. The van der Waals surface area contributed by atoms with E-state index in [2.05, 4.69) is 0 Å². The van der Waals surface area contributed by atoms with Crippen molar-refractivity contribution in [3.63, 3.8) is 0 Å². The SMILES string of the molecule is CC(C)[C@@]1(O)CCC[C@@H]1O.[Cl][Ti]([Cl])([Cl])[Cl]. The molecule has 1 rings (SSSR count). The second-order valence-electron chi connectivity index (χ2n) is 3.98. The third kappa shape index (κ3) is 6.95. The fourth-order valence-electron chi connectivity index (χ4n) is 1.67. The summed E-state index contributed by atoms with van der Waals surface area (Å²) in [5.41, 5.74) is -0.792. The van der Waals surface area contributed by atoms with Crippen LogP contribution >= 0.6 is 37.2 Å². The quantitative estimate of drug-likeness (QED) is 0.719. The van der Waals surface area contributed by atoms with Crippen molar-refractivity contribution in [3.05, 3.63) is 0 Å². The summed E-state index contributed by atoms with van der Waals surface area (Å²) < 4.78 is 0. The van der Waals surface area contributed by atoms with Gasteiger partial charge in [-0.15, -0.1) is 0 Å².